The number of carbonyl (C=O) groups excluding carboxylic acids is 1. The number of hydrogen-bond acceptors (Lipinski definition) is 2. The first kappa shape index (κ1) is 27.9. The van der Waals surface area contributed by atoms with Gasteiger partial charge in [0.1, 0.15) is 0 Å². The molecule has 20 heavy (non-hydrogen) atoms. The lowest BCUT2D eigenvalue weighted by molar-refractivity contribution is -0.886. The molecular weight excluding hydrogens is 320 g/mol. The zero-order chi connectivity index (χ0) is 16.1. The lowest BCUT2D eigenvalue weighted by Gasteiger charge is -2.25. The highest BCUT2D eigenvalue weighted by atomic mass is 79.9. The van der Waals surface area contributed by atoms with Gasteiger partial charge in [0.25, 0.3) is 0 Å². The highest BCUT2D eigenvalue weighted by Gasteiger charge is 2.05. The fourth-order valence-electron chi connectivity index (χ4n) is 0.447. The van der Waals surface area contributed by atoms with Gasteiger partial charge in [0.2, 0.25) is 0 Å². The zero-order valence-corrected chi connectivity index (χ0v) is 16.3. The van der Waals surface area contributed by atoms with Crippen molar-refractivity contribution >= 4 is 5.97 Å². The fourth-order valence-corrected chi connectivity index (χ4v) is 0.447. The minimum Gasteiger partial charge on any atom is -1.00 e. The normalized spacial score (nSPS) is 10.0. The van der Waals surface area contributed by atoms with Gasteiger partial charge in [-0.15, -0.1) is 0 Å². The van der Waals surface area contributed by atoms with Gasteiger partial charge in [0.05, 0.1) is 60.3 Å². The summed E-state index contributed by atoms with van der Waals surface area (Å²) in [7, 11) is 8.94. The van der Waals surface area contributed by atoms with Crippen LogP contribution in [0.25, 0.3) is 0 Å². The Labute approximate surface area is 137 Å². The lowest BCUT2D eigenvalue weighted by atomic mass is 10.5. The summed E-state index contributed by atoms with van der Waals surface area (Å²) in [6, 6.07) is 0. The van der Waals surface area contributed by atoms with Gasteiger partial charge in [0.15, 0.2) is 0 Å². The molecule has 0 aliphatic carbocycles. The molecule has 0 radical (unpaired) electrons. The van der Waals surface area contributed by atoms with Crippen LogP contribution in [-0.4, -0.2) is 69.3 Å². The van der Waals surface area contributed by atoms with E-state index in [1.54, 1.807) is 0 Å². The molecule has 124 valence electrons. The minimum atomic E-state index is -1.23. The Bertz CT molecular complexity index is 214. The van der Waals surface area contributed by atoms with Crippen molar-refractivity contribution in [3.63, 3.8) is 0 Å². The number of rotatable bonds is 5. The summed E-state index contributed by atoms with van der Waals surface area (Å²) < 4.78 is 2.28. The molecule has 0 rings (SSSR count). The molecule has 0 atom stereocenters. The number of halogens is 1. The van der Waals surface area contributed by atoms with Crippen LogP contribution < -0.4 is 22.1 Å². The average molecular weight is 355 g/mol. The van der Waals surface area contributed by atoms with Crippen LogP contribution in [0.5, 0.6) is 0 Å². The van der Waals surface area contributed by atoms with Crippen LogP contribution in [0.3, 0.4) is 0 Å². The molecule has 0 N–H and O–H groups in total. The molecule has 0 saturated heterocycles. The Morgan fingerprint density at radius 1 is 0.900 bits per heavy atom. The number of carbonyl (C=O) groups is 1. The number of nitrogens with zero attached hydrogens (tertiary/aromatic N) is 2. The van der Waals surface area contributed by atoms with Crippen LogP contribution in [-0.2, 0) is 4.79 Å². The van der Waals surface area contributed by atoms with E-state index in [1.165, 1.54) is 26.2 Å². The summed E-state index contributed by atoms with van der Waals surface area (Å²) in [5, 5.41) is 9.14. The van der Waals surface area contributed by atoms with Gasteiger partial charge in [-0.1, -0.05) is 6.58 Å². The van der Waals surface area contributed by atoms with E-state index in [0.717, 1.165) is 15.0 Å². The number of carboxylic acids is 1. The van der Waals surface area contributed by atoms with Gasteiger partial charge in [-0.05, 0) is 33.8 Å². The van der Waals surface area contributed by atoms with E-state index in [4.69, 9.17) is 9.90 Å². The largest absolute Gasteiger partial charge is 1.00 e. The summed E-state index contributed by atoms with van der Waals surface area (Å²) in [5.74, 6) is -1.23. The smallest absolute Gasteiger partial charge is 0.0753 e. The van der Waals surface area contributed by atoms with Gasteiger partial charge in [-0.25, -0.2) is 0 Å². The molecule has 0 amide bonds. The third-order valence-electron chi connectivity index (χ3n) is 3.59. The summed E-state index contributed by atoms with van der Waals surface area (Å²) in [6.07, 6.45) is 0.722. The Morgan fingerprint density at radius 2 is 1.05 bits per heavy atom. The molecular formula is C15H35BrN2O2. The zero-order valence-electron chi connectivity index (χ0n) is 14.7. The maximum absolute atomic E-state index is 9.14. The molecule has 0 fully saturated rings. The molecule has 0 unspecified atom stereocenters. The second-order valence-electron chi connectivity index (χ2n) is 5.66. The molecule has 0 aromatic heterocycles. The Kier molecular flexibility index (Phi) is 20.9. The van der Waals surface area contributed by atoms with Crippen LogP contribution >= 0.6 is 0 Å². The van der Waals surface area contributed by atoms with Crippen molar-refractivity contribution in [3.8, 4) is 0 Å². The van der Waals surface area contributed by atoms with Crippen LogP contribution in [0.2, 0.25) is 0 Å². The predicted octanol–water partition coefficient (Wildman–Crippen LogP) is -1.87. The number of aliphatic carboxylic acids is 1. The molecule has 0 spiro atoms. The molecule has 0 aliphatic rings. The van der Waals surface area contributed by atoms with Crippen molar-refractivity contribution in [2.45, 2.75) is 27.7 Å². The maximum Gasteiger partial charge on any atom is 0.0753 e. The third-order valence-corrected chi connectivity index (χ3v) is 3.59. The van der Waals surface area contributed by atoms with E-state index >= 15 is 0 Å². The first-order valence-electron chi connectivity index (χ1n) is 6.99. The van der Waals surface area contributed by atoms with Crippen molar-refractivity contribution in [1.29, 1.82) is 0 Å². The van der Waals surface area contributed by atoms with Crippen molar-refractivity contribution in [3.05, 3.63) is 12.7 Å². The van der Waals surface area contributed by atoms with E-state index in [0.29, 0.717) is 0 Å². The van der Waals surface area contributed by atoms with Gasteiger partial charge in [-0.2, -0.15) is 0 Å². The number of quaternary nitrogens is 2. The monoisotopic (exact) mass is 354 g/mol. The average Bonchev–Trinajstić information content (AvgIpc) is 2.40. The predicted molar refractivity (Wildman–Crippen MR) is 81.6 cm³/mol. The molecule has 0 heterocycles. The van der Waals surface area contributed by atoms with Crippen molar-refractivity contribution < 1.29 is 35.8 Å². The van der Waals surface area contributed by atoms with E-state index in [1.807, 2.05) is 0 Å². The first-order valence-corrected chi connectivity index (χ1v) is 6.99. The second kappa shape index (κ2) is 15.0. The van der Waals surface area contributed by atoms with Crippen LogP contribution in [0.4, 0.5) is 0 Å². The molecule has 4 nitrogen and oxygen atoms in total. The molecule has 0 saturated carbocycles. The van der Waals surface area contributed by atoms with Crippen LogP contribution in [0, 0.1) is 0 Å². The van der Waals surface area contributed by atoms with Crippen molar-refractivity contribution in [2.24, 2.45) is 0 Å². The van der Waals surface area contributed by atoms with Crippen LogP contribution in [0.1, 0.15) is 27.7 Å². The first-order chi connectivity index (χ1) is 8.51. The van der Waals surface area contributed by atoms with E-state index in [-0.39, 0.29) is 17.0 Å². The maximum atomic E-state index is 9.14. The van der Waals surface area contributed by atoms with Crippen molar-refractivity contribution in [2.75, 3.05) is 54.4 Å². The summed E-state index contributed by atoms with van der Waals surface area (Å²) >= 11 is 0. The van der Waals surface area contributed by atoms with Crippen LogP contribution in [0.15, 0.2) is 12.7 Å². The summed E-state index contributed by atoms with van der Waals surface area (Å²) in [6.45, 7) is 16.7. The molecule has 0 aromatic carbocycles. The van der Waals surface area contributed by atoms with Gasteiger partial charge < -0.3 is 35.8 Å². The van der Waals surface area contributed by atoms with Gasteiger partial charge in [0, 0.05) is 0 Å². The Balaban J connectivity index is -0.0000000952. The van der Waals surface area contributed by atoms with Gasteiger partial charge >= 0.3 is 0 Å². The van der Waals surface area contributed by atoms with E-state index < -0.39 is 5.97 Å². The van der Waals surface area contributed by atoms with E-state index in [9.17, 15) is 0 Å². The third kappa shape index (κ3) is 26.2. The lowest BCUT2D eigenvalue weighted by Crippen LogP contribution is -3.00. The van der Waals surface area contributed by atoms with E-state index in [2.05, 4.69) is 62.5 Å². The summed E-state index contributed by atoms with van der Waals surface area (Å²) in [5.41, 5.74) is 0. The number of carboxylic acid groups (broad SMARTS) is 1. The Hall–Kier alpha value is -0.390. The molecule has 5 heteroatoms. The Morgan fingerprint density at radius 3 is 1.05 bits per heavy atom. The van der Waals surface area contributed by atoms with Crippen molar-refractivity contribution in [1.82, 2.24) is 0 Å². The number of hydrogen-bond donors (Lipinski definition) is 0. The highest BCUT2D eigenvalue weighted by molar-refractivity contribution is 5.76. The minimum absolute atomic E-state index is 0. The SMILES string of the molecule is C=CC(=O)[O-].CC[N+](C)(C)CC.CC[N+](C)(C)CC.[Br-]. The molecule has 0 aliphatic heterocycles. The topological polar surface area (TPSA) is 40.1 Å². The van der Waals surface area contributed by atoms with Gasteiger partial charge in [-0.3, -0.25) is 0 Å². The quantitative estimate of drug-likeness (QED) is 0.428. The standard InChI is InChI=1S/2C6H16N.C3H4O2.BrH/c2*1-5-7(3,4)6-2;1-2-3(4)5;/h2*5-6H2,1-4H3;2H,1H2,(H,4,5);1H/q2*+1;;/p-2. The second-order valence-corrected chi connectivity index (χ2v) is 5.66. The molecule has 0 aromatic rings. The molecule has 0 bridgehead atoms. The summed E-state index contributed by atoms with van der Waals surface area (Å²) in [4.78, 5) is 9.14. The highest BCUT2D eigenvalue weighted by Crippen LogP contribution is 1.92. The fraction of sp³-hybridized carbons (Fsp3) is 0.800.